The predicted octanol–water partition coefficient (Wildman–Crippen LogP) is 1.72. The average molecular weight is 312 g/mol. The second-order valence-corrected chi connectivity index (χ2v) is 4.65. The second kappa shape index (κ2) is 8.48. The smallest absolute Gasteiger partial charge is 0.258 e. The van der Waals surface area contributed by atoms with Crippen LogP contribution in [0.2, 0.25) is 5.28 Å². The van der Waals surface area contributed by atoms with Crippen LogP contribution in [0.3, 0.4) is 0 Å². The Hall–Kier alpha value is -1.80. The van der Waals surface area contributed by atoms with Crippen LogP contribution in [0.5, 0.6) is 0 Å². The molecule has 114 valence electrons. The van der Waals surface area contributed by atoms with Gasteiger partial charge in [-0.2, -0.15) is 24.7 Å². The van der Waals surface area contributed by atoms with Crippen LogP contribution >= 0.6 is 11.6 Å². The van der Waals surface area contributed by atoms with Crippen LogP contribution in [-0.4, -0.2) is 49.5 Å². The molecule has 0 aromatic carbocycles. The van der Waals surface area contributed by atoms with E-state index in [2.05, 4.69) is 37.3 Å². The van der Waals surface area contributed by atoms with Crippen molar-refractivity contribution < 1.29 is 4.74 Å². The van der Waals surface area contributed by atoms with Crippen molar-refractivity contribution in [2.24, 2.45) is 0 Å². The summed E-state index contributed by atoms with van der Waals surface area (Å²) in [6.07, 6.45) is 6.01. The molecule has 1 N–H and O–H groups in total. The fourth-order valence-electron chi connectivity index (χ4n) is 1.56. The maximum Gasteiger partial charge on any atom is 0.258 e. The van der Waals surface area contributed by atoms with Crippen LogP contribution in [0.4, 0.5) is 5.95 Å². The van der Waals surface area contributed by atoms with E-state index in [1.165, 1.54) is 17.3 Å². The Labute approximate surface area is 127 Å². The molecule has 2 rings (SSSR count). The van der Waals surface area contributed by atoms with Gasteiger partial charge in [0.25, 0.3) is 5.95 Å². The number of ether oxygens (including phenoxy) is 1. The van der Waals surface area contributed by atoms with Crippen LogP contribution in [0.15, 0.2) is 12.7 Å². The third-order valence-corrected chi connectivity index (χ3v) is 2.78. The van der Waals surface area contributed by atoms with Gasteiger partial charge in [-0.05, 0) is 24.4 Å². The number of unbranched alkanes of at least 4 members (excludes halogenated alkanes) is 1. The predicted molar refractivity (Wildman–Crippen MR) is 78.6 cm³/mol. The number of aromatic nitrogens is 6. The Kier molecular flexibility index (Phi) is 6.29. The first-order chi connectivity index (χ1) is 10.3. The summed E-state index contributed by atoms with van der Waals surface area (Å²) in [6.45, 7) is 4.36. The van der Waals surface area contributed by atoms with E-state index in [0.29, 0.717) is 25.0 Å². The minimum atomic E-state index is 0.109. The van der Waals surface area contributed by atoms with Gasteiger partial charge in [0.05, 0.1) is 0 Å². The number of nitrogens with one attached hydrogen (secondary N) is 1. The highest BCUT2D eigenvalue weighted by atomic mass is 35.5. The van der Waals surface area contributed by atoms with E-state index in [1.54, 1.807) is 0 Å². The lowest BCUT2D eigenvalue weighted by Crippen LogP contribution is -2.12. The molecule has 8 nitrogen and oxygen atoms in total. The van der Waals surface area contributed by atoms with Gasteiger partial charge in [0, 0.05) is 19.8 Å². The van der Waals surface area contributed by atoms with Gasteiger partial charge in [-0.1, -0.05) is 13.3 Å². The molecule has 0 saturated heterocycles. The molecule has 2 aromatic heterocycles. The zero-order valence-corrected chi connectivity index (χ0v) is 12.6. The largest absolute Gasteiger partial charge is 0.381 e. The Bertz CT molecular complexity index is 534. The van der Waals surface area contributed by atoms with E-state index in [-0.39, 0.29) is 5.28 Å². The molecule has 0 radical (unpaired) electrons. The standard InChI is InChI=1S/C12H18ClN7O/c1-2-3-6-21-7-4-5-15-11-17-10(13)18-12(19-11)20-9-14-8-16-20/h8-9H,2-7H2,1H3,(H,15,17,18,19). The van der Waals surface area contributed by atoms with Crippen molar-refractivity contribution in [2.45, 2.75) is 26.2 Å². The van der Waals surface area contributed by atoms with Crippen LogP contribution in [-0.2, 0) is 4.74 Å². The molecule has 0 aliphatic rings. The third-order valence-electron chi connectivity index (χ3n) is 2.61. The van der Waals surface area contributed by atoms with Gasteiger partial charge in [0.1, 0.15) is 12.7 Å². The van der Waals surface area contributed by atoms with Crippen molar-refractivity contribution in [3.8, 4) is 5.95 Å². The lowest BCUT2D eigenvalue weighted by Gasteiger charge is -2.07. The van der Waals surface area contributed by atoms with Crippen LogP contribution in [0.25, 0.3) is 5.95 Å². The highest BCUT2D eigenvalue weighted by molar-refractivity contribution is 6.28. The zero-order valence-electron chi connectivity index (χ0n) is 11.9. The Balaban J connectivity index is 1.81. The van der Waals surface area contributed by atoms with Crippen molar-refractivity contribution >= 4 is 17.5 Å². The fourth-order valence-corrected chi connectivity index (χ4v) is 1.71. The molecule has 2 aromatic rings. The molecule has 21 heavy (non-hydrogen) atoms. The molecule has 2 heterocycles. The topological polar surface area (TPSA) is 90.6 Å². The fraction of sp³-hybridized carbons (Fsp3) is 0.583. The molecule has 0 aliphatic carbocycles. The molecule has 0 saturated carbocycles. The van der Waals surface area contributed by atoms with E-state index < -0.39 is 0 Å². The SMILES string of the molecule is CCCCOCCCNc1nc(Cl)nc(-n2cncn2)n1. The van der Waals surface area contributed by atoms with Crippen molar-refractivity contribution in [3.63, 3.8) is 0 Å². The van der Waals surface area contributed by atoms with E-state index in [4.69, 9.17) is 16.3 Å². The Morgan fingerprint density at radius 3 is 2.86 bits per heavy atom. The summed E-state index contributed by atoms with van der Waals surface area (Å²) < 4.78 is 6.90. The summed E-state index contributed by atoms with van der Waals surface area (Å²) in [7, 11) is 0. The first kappa shape index (κ1) is 15.6. The van der Waals surface area contributed by atoms with Gasteiger partial charge < -0.3 is 10.1 Å². The molecule has 9 heteroatoms. The molecule has 0 fully saturated rings. The molecule has 0 aliphatic heterocycles. The van der Waals surface area contributed by atoms with Crippen molar-refractivity contribution in [3.05, 3.63) is 17.9 Å². The summed E-state index contributed by atoms with van der Waals surface area (Å²) in [5.74, 6) is 0.739. The van der Waals surface area contributed by atoms with Gasteiger partial charge in [-0.3, -0.25) is 0 Å². The van der Waals surface area contributed by atoms with Crippen molar-refractivity contribution in [1.82, 2.24) is 29.7 Å². The summed E-state index contributed by atoms with van der Waals surface area (Å²) in [5.41, 5.74) is 0. The van der Waals surface area contributed by atoms with Gasteiger partial charge in [-0.25, -0.2) is 4.98 Å². The number of nitrogens with zero attached hydrogens (tertiary/aromatic N) is 6. The van der Waals surface area contributed by atoms with Crippen LogP contribution < -0.4 is 5.32 Å². The minimum Gasteiger partial charge on any atom is -0.381 e. The van der Waals surface area contributed by atoms with Crippen molar-refractivity contribution in [1.29, 1.82) is 0 Å². The number of anilines is 1. The van der Waals surface area contributed by atoms with Gasteiger partial charge in [0.2, 0.25) is 11.2 Å². The first-order valence-corrected chi connectivity index (χ1v) is 7.25. The molecule has 0 atom stereocenters. The average Bonchev–Trinajstić information content (AvgIpc) is 3.00. The monoisotopic (exact) mass is 311 g/mol. The molecular formula is C12H18ClN7O. The summed E-state index contributed by atoms with van der Waals surface area (Å²) in [4.78, 5) is 16.1. The van der Waals surface area contributed by atoms with Crippen LogP contribution in [0.1, 0.15) is 26.2 Å². The first-order valence-electron chi connectivity index (χ1n) is 6.88. The number of rotatable bonds is 9. The molecule has 0 unspecified atom stereocenters. The summed E-state index contributed by atoms with van der Waals surface area (Å²) >= 11 is 5.88. The van der Waals surface area contributed by atoms with Crippen LogP contribution in [0, 0.1) is 0 Å². The Morgan fingerprint density at radius 1 is 1.24 bits per heavy atom. The van der Waals surface area contributed by atoms with E-state index in [9.17, 15) is 0 Å². The normalized spacial score (nSPS) is 10.8. The number of halogens is 1. The molecular weight excluding hydrogens is 294 g/mol. The lowest BCUT2D eigenvalue weighted by atomic mass is 10.4. The summed E-state index contributed by atoms with van der Waals surface area (Å²) in [5, 5.41) is 7.15. The maximum atomic E-state index is 5.88. The quantitative estimate of drug-likeness (QED) is 0.705. The molecule has 0 bridgehead atoms. The van der Waals surface area contributed by atoms with Gasteiger partial charge in [-0.15, -0.1) is 0 Å². The number of hydrogen-bond donors (Lipinski definition) is 1. The highest BCUT2D eigenvalue weighted by Gasteiger charge is 2.06. The third kappa shape index (κ3) is 5.24. The Morgan fingerprint density at radius 2 is 2.10 bits per heavy atom. The van der Waals surface area contributed by atoms with E-state index >= 15 is 0 Å². The maximum absolute atomic E-state index is 5.88. The van der Waals surface area contributed by atoms with Gasteiger partial charge >= 0.3 is 0 Å². The second-order valence-electron chi connectivity index (χ2n) is 4.31. The number of hydrogen-bond acceptors (Lipinski definition) is 7. The minimum absolute atomic E-state index is 0.109. The zero-order chi connectivity index (χ0) is 14.9. The van der Waals surface area contributed by atoms with Gasteiger partial charge in [0.15, 0.2) is 0 Å². The molecule has 0 amide bonds. The molecule has 0 spiro atoms. The summed E-state index contributed by atoms with van der Waals surface area (Å²) in [6, 6.07) is 0. The highest BCUT2D eigenvalue weighted by Crippen LogP contribution is 2.08. The van der Waals surface area contributed by atoms with Crippen molar-refractivity contribution in [2.75, 3.05) is 25.1 Å². The van der Waals surface area contributed by atoms with E-state index in [1.807, 2.05) is 0 Å². The lowest BCUT2D eigenvalue weighted by molar-refractivity contribution is 0.131. The van der Waals surface area contributed by atoms with E-state index in [0.717, 1.165) is 25.9 Å².